The van der Waals surface area contributed by atoms with Crippen molar-refractivity contribution in [3.05, 3.63) is 35.1 Å². The monoisotopic (exact) mass is 293 g/mol. The normalized spacial score (nSPS) is 16.4. The molecule has 0 bridgehead atoms. The summed E-state index contributed by atoms with van der Waals surface area (Å²) in [6, 6.07) is 4.71. The van der Waals surface area contributed by atoms with E-state index >= 15 is 0 Å². The molecule has 0 spiro atoms. The van der Waals surface area contributed by atoms with Gasteiger partial charge in [-0.15, -0.1) is 0 Å². The minimum Gasteiger partial charge on any atom is -0.381 e. The van der Waals surface area contributed by atoms with E-state index in [9.17, 15) is 9.18 Å². The van der Waals surface area contributed by atoms with Gasteiger partial charge in [0.25, 0.3) is 0 Å². The van der Waals surface area contributed by atoms with Gasteiger partial charge in [0.05, 0.1) is 0 Å². The van der Waals surface area contributed by atoms with Crippen molar-refractivity contribution in [2.75, 3.05) is 33.4 Å². The Morgan fingerprint density at radius 2 is 2.10 bits per heavy atom. The third-order valence-corrected chi connectivity index (χ3v) is 4.13. The van der Waals surface area contributed by atoms with Crippen molar-refractivity contribution < 1.29 is 13.9 Å². The Kier molecular flexibility index (Phi) is 5.88. The lowest BCUT2D eigenvalue weighted by Gasteiger charge is -2.26. The Balaban J connectivity index is 1.78. The van der Waals surface area contributed by atoms with Gasteiger partial charge in [-0.3, -0.25) is 4.79 Å². The zero-order valence-corrected chi connectivity index (χ0v) is 12.9. The van der Waals surface area contributed by atoms with Crippen LogP contribution in [0.25, 0.3) is 0 Å². The van der Waals surface area contributed by atoms with E-state index in [1.165, 1.54) is 6.07 Å². The van der Waals surface area contributed by atoms with Gasteiger partial charge in [-0.05, 0) is 44.4 Å². The lowest BCUT2D eigenvalue weighted by Crippen LogP contribution is -2.31. The average Bonchev–Trinajstić information content (AvgIpc) is 2.48. The first-order valence-corrected chi connectivity index (χ1v) is 7.62. The first-order valence-electron chi connectivity index (χ1n) is 7.62. The van der Waals surface area contributed by atoms with Crippen LogP contribution in [-0.4, -0.2) is 44.0 Å². The molecule has 0 N–H and O–H groups in total. The highest BCUT2D eigenvalue weighted by Crippen LogP contribution is 2.16. The van der Waals surface area contributed by atoms with Crippen LogP contribution >= 0.6 is 0 Å². The van der Waals surface area contributed by atoms with Crippen LogP contribution in [0.1, 0.15) is 35.2 Å². The lowest BCUT2D eigenvalue weighted by atomic mass is 9.99. The molecule has 0 amide bonds. The van der Waals surface area contributed by atoms with Crippen LogP contribution in [-0.2, 0) is 4.74 Å². The van der Waals surface area contributed by atoms with Crippen molar-refractivity contribution in [3.63, 3.8) is 0 Å². The lowest BCUT2D eigenvalue weighted by molar-refractivity contribution is 0.0553. The number of carbonyl (C=O) groups is 1. The van der Waals surface area contributed by atoms with Gasteiger partial charge in [0, 0.05) is 38.3 Å². The van der Waals surface area contributed by atoms with Gasteiger partial charge < -0.3 is 9.64 Å². The molecular formula is C17H24FNO2. The molecule has 2 rings (SSSR count). The van der Waals surface area contributed by atoms with Gasteiger partial charge in [-0.2, -0.15) is 0 Å². The summed E-state index contributed by atoms with van der Waals surface area (Å²) < 4.78 is 18.8. The Hall–Kier alpha value is -1.26. The summed E-state index contributed by atoms with van der Waals surface area (Å²) in [6.07, 6.45) is 2.63. The average molecular weight is 293 g/mol. The summed E-state index contributed by atoms with van der Waals surface area (Å²) in [6.45, 7) is 5.11. The summed E-state index contributed by atoms with van der Waals surface area (Å²) in [4.78, 5) is 14.3. The molecule has 0 unspecified atom stereocenters. The van der Waals surface area contributed by atoms with Crippen LogP contribution in [0.3, 0.4) is 0 Å². The number of ether oxygens (including phenoxy) is 1. The van der Waals surface area contributed by atoms with Gasteiger partial charge in [0.15, 0.2) is 5.78 Å². The predicted octanol–water partition coefficient (Wildman–Crippen LogP) is 3.07. The third-order valence-electron chi connectivity index (χ3n) is 4.13. The van der Waals surface area contributed by atoms with Crippen LogP contribution in [0.15, 0.2) is 18.2 Å². The Morgan fingerprint density at radius 1 is 1.38 bits per heavy atom. The van der Waals surface area contributed by atoms with Gasteiger partial charge in [-0.25, -0.2) is 4.39 Å². The molecule has 0 saturated carbocycles. The minimum absolute atomic E-state index is 0.00716. The Bertz CT molecular complexity index is 484. The van der Waals surface area contributed by atoms with E-state index in [1.54, 1.807) is 19.1 Å². The highest BCUT2D eigenvalue weighted by molar-refractivity contribution is 5.96. The highest BCUT2D eigenvalue weighted by Gasteiger charge is 2.16. The molecular weight excluding hydrogens is 269 g/mol. The van der Waals surface area contributed by atoms with Crippen molar-refractivity contribution in [1.29, 1.82) is 0 Å². The molecule has 0 aromatic heterocycles. The summed E-state index contributed by atoms with van der Waals surface area (Å²) in [7, 11) is 2.04. The van der Waals surface area contributed by atoms with Gasteiger partial charge >= 0.3 is 0 Å². The Labute approximate surface area is 126 Å². The van der Waals surface area contributed by atoms with E-state index in [4.69, 9.17) is 4.74 Å². The number of ketones is 1. The molecule has 21 heavy (non-hydrogen) atoms. The van der Waals surface area contributed by atoms with Crippen LogP contribution < -0.4 is 0 Å². The predicted molar refractivity (Wildman–Crippen MR) is 81.1 cm³/mol. The van der Waals surface area contributed by atoms with Crippen molar-refractivity contribution in [2.24, 2.45) is 5.92 Å². The fourth-order valence-corrected chi connectivity index (χ4v) is 2.66. The highest BCUT2D eigenvalue weighted by atomic mass is 19.1. The number of rotatable bonds is 6. The second kappa shape index (κ2) is 7.66. The smallest absolute Gasteiger partial charge is 0.164 e. The molecule has 1 aromatic rings. The van der Waals surface area contributed by atoms with E-state index < -0.39 is 0 Å². The van der Waals surface area contributed by atoms with Crippen molar-refractivity contribution in [3.8, 4) is 0 Å². The van der Waals surface area contributed by atoms with Gasteiger partial charge in [-0.1, -0.05) is 12.1 Å². The molecule has 1 heterocycles. The molecule has 4 heteroatoms. The molecule has 116 valence electrons. The maximum absolute atomic E-state index is 13.5. The number of Topliss-reactive ketones (excluding diaryl/α,β-unsaturated/α-hetero) is 1. The number of carbonyl (C=O) groups excluding carboxylic acids is 1. The molecule has 1 aliphatic rings. The van der Waals surface area contributed by atoms with Crippen molar-refractivity contribution in [2.45, 2.75) is 26.2 Å². The number of hydrogen-bond donors (Lipinski definition) is 0. The molecule has 1 aliphatic heterocycles. The number of benzene rings is 1. The molecule has 1 aromatic carbocycles. The van der Waals surface area contributed by atoms with Crippen LogP contribution in [0.5, 0.6) is 0 Å². The SMILES string of the molecule is Cc1ccc(C(=O)CCN(C)CC2CCOCC2)cc1F. The van der Waals surface area contributed by atoms with E-state index in [1.807, 2.05) is 7.05 Å². The topological polar surface area (TPSA) is 29.5 Å². The van der Waals surface area contributed by atoms with Crippen molar-refractivity contribution in [1.82, 2.24) is 4.90 Å². The van der Waals surface area contributed by atoms with Crippen LogP contribution in [0.4, 0.5) is 4.39 Å². The van der Waals surface area contributed by atoms with Crippen molar-refractivity contribution >= 4 is 5.78 Å². The van der Waals surface area contributed by atoms with Crippen LogP contribution in [0, 0.1) is 18.7 Å². The molecule has 1 saturated heterocycles. The molecule has 0 aliphatic carbocycles. The minimum atomic E-state index is -0.309. The summed E-state index contributed by atoms with van der Waals surface area (Å²) >= 11 is 0. The number of aryl methyl sites for hydroxylation is 1. The number of hydrogen-bond acceptors (Lipinski definition) is 3. The quantitative estimate of drug-likeness (QED) is 0.755. The maximum atomic E-state index is 13.5. The van der Waals surface area contributed by atoms with Crippen LogP contribution in [0.2, 0.25) is 0 Å². The fourth-order valence-electron chi connectivity index (χ4n) is 2.66. The second-order valence-electron chi connectivity index (χ2n) is 5.96. The first kappa shape index (κ1) is 16.1. The van der Waals surface area contributed by atoms with E-state index in [2.05, 4.69) is 4.90 Å². The second-order valence-corrected chi connectivity index (χ2v) is 5.96. The first-order chi connectivity index (χ1) is 10.1. The van der Waals surface area contributed by atoms with E-state index in [0.29, 0.717) is 30.0 Å². The molecule has 0 radical (unpaired) electrons. The fraction of sp³-hybridized carbons (Fsp3) is 0.588. The van der Waals surface area contributed by atoms with E-state index in [0.717, 1.165) is 32.6 Å². The molecule has 3 nitrogen and oxygen atoms in total. The molecule has 0 atom stereocenters. The zero-order chi connectivity index (χ0) is 15.2. The zero-order valence-electron chi connectivity index (χ0n) is 12.9. The maximum Gasteiger partial charge on any atom is 0.164 e. The summed E-state index contributed by atoms with van der Waals surface area (Å²) in [5.74, 6) is 0.361. The largest absolute Gasteiger partial charge is 0.381 e. The van der Waals surface area contributed by atoms with E-state index in [-0.39, 0.29) is 11.6 Å². The Morgan fingerprint density at radius 3 is 2.76 bits per heavy atom. The third kappa shape index (κ3) is 4.90. The number of nitrogens with zero attached hydrogens (tertiary/aromatic N) is 1. The van der Waals surface area contributed by atoms with Gasteiger partial charge in [0.1, 0.15) is 5.82 Å². The summed E-state index contributed by atoms with van der Waals surface area (Å²) in [5, 5.41) is 0. The van der Waals surface area contributed by atoms with Gasteiger partial charge in [0.2, 0.25) is 0 Å². The summed E-state index contributed by atoms with van der Waals surface area (Å²) in [5.41, 5.74) is 1.04. The standard InChI is InChI=1S/C17H24FNO2/c1-13-3-4-15(11-16(13)18)17(20)5-8-19(2)12-14-6-9-21-10-7-14/h3-4,11,14H,5-10,12H2,1-2H3. The molecule has 1 fully saturated rings. The number of halogens is 1.